The maximum Gasteiger partial charge on any atom is 0.119 e. The van der Waals surface area contributed by atoms with Gasteiger partial charge in [-0.15, -0.1) is 0 Å². The average Bonchev–Trinajstić information content (AvgIpc) is 3.40. The predicted molar refractivity (Wildman–Crippen MR) is 175 cm³/mol. The molecule has 6 heteroatoms. The lowest BCUT2D eigenvalue weighted by atomic mass is 9.69. The third-order valence-electron chi connectivity index (χ3n) is 8.23. The zero-order chi connectivity index (χ0) is 30.6. The third kappa shape index (κ3) is 5.04. The lowest BCUT2D eigenvalue weighted by Gasteiger charge is -2.33. The number of ether oxygens (including phenoxy) is 2. The summed E-state index contributed by atoms with van der Waals surface area (Å²) in [5.41, 5.74) is 8.62. The molecule has 0 bridgehead atoms. The normalized spacial score (nSPS) is 12.8. The van der Waals surface area contributed by atoms with Crippen molar-refractivity contribution in [2.24, 2.45) is 0 Å². The van der Waals surface area contributed by atoms with Gasteiger partial charge in [0.15, 0.2) is 0 Å². The number of nitrogens with zero attached hydrogens (tertiary/aromatic N) is 2. The minimum absolute atomic E-state index is 0.0568. The molecule has 6 aromatic rings. The lowest BCUT2D eigenvalue weighted by molar-refractivity contribution is 0.201. The van der Waals surface area contributed by atoms with Crippen LogP contribution in [-0.2, 0) is 5.41 Å². The number of aromatic nitrogens is 2. The van der Waals surface area contributed by atoms with Crippen LogP contribution in [0.2, 0.25) is 0 Å². The van der Waals surface area contributed by atoms with E-state index in [1.807, 2.05) is 66.7 Å². The lowest BCUT2D eigenvalue weighted by Crippen LogP contribution is -2.30. The van der Waals surface area contributed by atoms with E-state index in [4.69, 9.17) is 19.4 Å². The van der Waals surface area contributed by atoms with Crippen molar-refractivity contribution in [2.75, 3.05) is 26.4 Å². The molecular formula is C39H32N2O4. The van der Waals surface area contributed by atoms with Crippen molar-refractivity contribution < 1.29 is 19.7 Å². The Morgan fingerprint density at radius 3 is 1.47 bits per heavy atom. The second-order valence-corrected chi connectivity index (χ2v) is 10.8. The number of fused-ring (bicyclic) bond motifs is 3. The molecule has 7 rings (SSSR count). The van der Waals surface area contributed by atoms with Crippen LogP contribution >= 0.6 is 0 Å². The zero-order valence-electron chi connectivity index (χ0n) is 24.6. The molecule has 0 radical (unpaired) electrons. The second kappa shape index (κ2) is 12.4. The summed E-state index contributed by atoms with van der Waals surface area (Å²) in [5, 5.41) is 18.6. The van der Waals surface area contributed by atoms with Crippen molar-refractivity contribution in [1.82, 2.24) is 9.97 Å². The summed E-state index contributed by atoms with van der Waals surface area (Å²) in [6.07, 6.45) is 0. The second-order valence-electron chi connectivity index (χ2n) is 10.8. The Bertz CT molecular complexity index is 1860. The molecule has 0 spiro atoms. The largest absolute Gasteiger partial charge is 0.491 e. The molecule has 0 atom stereocenters. The van der Waals surface area contributed by atoms with E-state index in [0.717, 1.165) is 56.2 Å². The van der Waals surface area contributed by atoms with Crippen LogP contribution < -0.4 is 9.47 Å². The van der Waals surface area contributed by atoms with Gasteiger partial charge in [-0.05, 0) is 41.0 Å². The van der Waals surface area contributed by atoms with Gasteiger partial charge in [-0.3, -0.25) is 0 Å². The highest BCUT2D eigenvalue weighted by Crippen LogP contribution is 2.56. The number of benzene rings is 5. The molecule has 0 saturated carbocycles. The molecule has 2 N–H and O–H groups in total. The van der Waals surface area contributed by atoms with Gasteiger partial charge in [0.05, 0.1) is 41.4 Å². The van der Waals surface area contributed by atoms with E-state index in [9.17, 15) is 10.2 Å². The van der Waals surface area contributed by atoms with E-state index in [0.29, 0.717) is 11.5 Å². The number of rotatable bonds is 10. The highest BCUT2D eigenvalue weighted by Gasteiger charge is 2.49. The van der Waals surface area contributed by atoms with E-state index in [1.54, 1.807) is 0 Å². The van der Waals surface area contributed by atoms with Crippen molar-refractivity contribution >= 4 is 0 Å². The van der Waals surface area contributed by atoms with Crippen LogP contribution in [0.4, 0.5) is 0 Å². The van der Waals surface area contributed by atoms with Crippen molar-refractivity contribution in [3.05, 3.63) is 156 Å². The van der Waals surface area contributed by atoms with Crippen LogP contribution in [0, 0.1) is 0 Å². The van der Waals surface area contributed by atoms with Gasteiger partial charge in [0, 0.05) is 16.7 Å². The first-order valence-electron chi connectivity index (χ1n) is 15.1. The van der Waals surface area contributed by atoms with Crippen molar-refractivity contribution in [3.8, 4) is 45.3 Å². The average molecular weight is 593 g/mol. The van der Waals surface area contributed by atoms with Crippen LogP contribution in [0.15, 0.2) is 133 Å². The molecule has 0 fully saturated rings. The Hall–Kier alpha value is -5.30. The summed E-state index contributed by atoms with van der Waals surface area (Å²) >= 11 is 0. The van der Waals surface area contributed by atoms with Gasteiger partial charge in [0.25, 0.3) is 0 Å². The molecule has 222 valence electrons. The van der Waals surface area contributed by atoms with Crippen LogP contribution in [0.5, 0.6) is 11.5 Å². The monoisotopic (exact) mass is 592 g/mol. The van der Waals surface area contributed by atoms with E-state index < -0.39 is 5.41 Å². The molecule has 1 aliphatic carbocycles. The number of aliphatic hydroxyl groups excluding tert-OH is 2. The molecule has 5 aromatic carbocycles. The van der Waals surface area contributed by atoms with E-state index in [1.165, 1.54) is 0 Å². The van der Waals surface area contributed by atoms with Gasteiger partial charge < -0.3 is 19.7 Å². The van der Waals surface area contributed by atoms with Gasteiger partial charge >= 0.3 is 0 Å². The molecule has 1 heterocycles. The minimum Gasteiger partial charge on any atom is -0.491 e. The molecule has 0 amide bonds. The maximum atomic E-state index is 9.30. The summed E-state index contributed by atoms with van der Waals surface area (Å²) in [6, 6.07) is 44.9. The minimum atomic E-state index is -0.803. The Labute approximate surface area is 262 Å². The fourth-order valence-corrected chi connectivity index (χ4v) is 6.30. The van der Waals surface area contributed by atoms with E-state index >= 15 is 0 Å². The molecule has 0 aliphatic heterocycles. The van der Waals surface area contributed by atoms with E-state index in [-0.39, 0.29) is 26.4 Å². The standard InChI is InChI=1S/C39H32N2O4/c42-23-25-44-31-19-15-29(16-20-31)39(30-17-21-32(22-18-30)45-26-24-43)34-14-8-7-13-33(34)37-38(39)41-36(28-11-5-2-6-12-28)35(40-37)27-9-3-1-4-10-27/h1-22,42-43H,23-26H2. The first-order valence-corrected chi connectivity index (χ1v) is 15.1. The molecule has 1 aromatic heterocycles. The van der Waals surface area contributed by atoms with Gasteiger partial charge in [-0.2, -0.15) is 0 Å². The summed E-state index contributed by atoms with van der Waals surface area (Å²) in [6.45, 7) is 0.330. The Balaban J connectivity index is 1.54. The number of hydrogen-bond acceptors (Lipinski definition) is 6. The predicted octanol–water partition coefficient (Wildman–Crippen LogP) is 6.92. The molecule has 6 nitrogen and oxygen atoms in total. The molecule has 0 saturated heterocycles. The van der Waals surface area contributed by atoms with Gasteiger partial charge in [0.1, 0.15) is 24.7 Å². The van der Waals surface area contributed by atoms with Gasteiger partial charge in [0.2, 0.25) is 0 Å². The van der Waals surface area contributed by atoms with Crippen molar-refractivity contribution in [1.29, 1.82) is 0 Å². The van der Waals surface area contributed by atoms with Crippen molar-refractivity contribution in [3.63, 3.8) is 0 Å². The summed E-state index contributed by atoms with van der Waals surface area (Å²) in [7, 11) is 0. The van der Waals surface area contributed by atoms with Crippen LogP contribution in [-0.4, -0.2) is 46.6 Å². The molecule has 45 heavy (non-hydrogen) atoms. The Morgan fingerprint density at radius 2 is 0.956 bits per heavy atom. The van der Waals surface area contributed by atoms with Crippen LogP contribution in [0.3, 0.4) is 0 Å². The van der Waals surface area contributed by atoms with Gasteiger partial charge in [-0.1, -0.05) is 109 Å². The smallest absolute Gasteiger partial charge is 0.119 e. The van der Waals surface area contributed by atoms with Crippen LogP contribution in [0.1, 0.15) is 22.4 Å². The van der Waals surface area contributed by atoms with Crippen molar-refractivity contribution in [2.45, 2.75) is 5.41 Å². The number of hydrogen-bond donors (Lipinski definition) is 2. The molecular weight excluding hydrogens is 560 g/mol. The highest BCUT2D eigenvalue weighted by molar-refractivity contribution is 5.87. The first kappa shape index (κ1) is 28.5. The Morgan fingerprint density at radius 1 is 0.489 bits per heavy atom. The highest BCUT2D eigenvalue weighted by atomic mass is 16.5. The van der Waals surface area contributed by atoms with Crippen LogP contribution in [0.25, 0.3) is 33.8 Å². The fourth-order valence-electron chi connectivity index (χ4n) is 6.30. The number of aliphatic hydroxyl groups is 2. The summed E-state index contributed by atoms with van der Waals surface area (Å²) in [4.78, 5) is 11.0. The SMILES string of the molecule is OCCOc1ccc(C2(c3ccc(OCCO)cc3)c3ccccc3-c3nc(-c4ccccc4)c(-c4ccccc4)nc32)cc1. The summed E-state index contributed by atoms with van der Waals surface area (Å²) < 4.78 is 11.5. The fraction of sp³-hybridized carbons (Fsp3) is 0.128. The summed E-state index contributed by atoms with van der Waals surface area (Å²) in [5.74, 6) is 1.36. The maximum absolute atomic E-state index is 9.30. The first-order chi connectivity index (χ1) is 22.2. The Kier molecular flexibility index (Phi) is 7.82. The quantitative estimate of drug-likeness (QED) is 0.179. The van der Waals surface area contributed by atoms with Gasteiger partial charge in [-0.25, -0.2) is 9.97 Å². The third-order valence-corrected chi connectivity index (χ3v) is 8.23. The zero-order valence-corrected chi connectivity index (χ0v) is 24.6. The topological polar surface area (TPSA) is 84.7 Å². The van der Waals surface area contributed by atoms with E-state index in [2.05, 4.69) is 66.7 Å². The molecule has 0 unspecified atom stereocenters. The molecule has 1 aliphatic rings.